The molecular weight excluding hydrogens is 184 g/mol. The molecule has 0 bridgehead atoms. The summed E-state index contributed by atoms with van der Waals surface area (Å²) in [4.78, 5) is 12.0. The SMILES string of the molecule is C/C1=C/CCC(=O)[C@H]2CC(C)(C)C[C@@H]2C1. The van der Waals surface area contributed by atoms with Gasteiger partial charge in [0, 0.05) is 12.3 Å². The Balaban J connectivity index is 2.20. The molecule has 0 unspecified atom stereocenters. The minimum absolute atomic E-state index is 0.364. The van der Waals surface area contributed by atoms with Gasteiger partial charge in [0.1, 0.15) is 5.78 Å². The third-order valence-electron chi connectivity index (χ3n) is 4.04. The maximum atomic E-state index is 12.0. The van der Waals surface area contributed by atoms with E-state index < -0.39 is 0 Å². The van der Waals surface area contributed by atoms with Crippen molar-refractivity contribution in [2.75, 3.05) is 0 Å². The zero-order chi connectivity index (χ0) is 11.1. The van der Waals surface area contributed by atoms with Crippen molar-refractivity contribution in [1.82, 2.24) is 0 Å². The summed E-state index contributed by atoms with van der Waals surface area (Å²) in [6.45, 7) is 6.84. The largest absolute Gasteiger partial charge is 0.299 e. The van der Waals surface area contributed by atoms with Gasteiger partial charge in [-0.1, -0.05) is 25.5 Å². The summed E-state index contributed by atoms with van der Waals surface area (Å²) in [6, 6.07) is 0. The molecule has 2 atom stereocenters. The van der Waals surface area contributed by atoms with E-state index in [1.54, 1.807) is 0 Å². The van der Waals surface area contributed by atoms with Crippen molar-refractivity contribution in [3.8, 4) is 0 Å². The molecule has 0 heterocycles. The van der Waals surface area contributed by atoms with E-state index in [4.69, 9.17) is 0 Å². The molecule has 1 saturated carbocycles. The lowest BCUT2D eigenvalue weighted by atomic mass is 9.83. The monoisotopic (exact) mass is 206 g/mol. The first kappa shape index (κ1) is 10.9. The fourth-order valence-electron chi connectivity index (χ4n) is 3.43. The molecule has 1 heteroatoms. The molecular formula is C14H22O. The fraction of sp³-hybridized carbons (Fsp3) is 0.786. The first-order valence-electron chi connectivity index (χ1n) is 6.16. The highest BCUT2D eigenvalue weighted by atomic mass is 16.1. The number of allylic oxidation sites excluding steroid dienone is 2. The summed E-state index contributed by atoms with van der Waals surface area (Å²) in [7, 11) is 0. The van der Waals surface area contributed by atoms with Crippen LogP contribution < -0.4 is 0 Å². The highest BCUT2D eigenvalue weighted by Crippen LogP contribution is 2.48. The van der Waals surface area contributed by atoms with Crippen molar-refractivity contribution in [3.05, 3.63) is 11.6 Å². The van der Waals surface area contributed by atoms with E-state index in [1.165, 1.54) is 12.0 Å². The Morgan fingerprint density at radius 1 is 1.33 bits per heavy atom. The second-order valence-electron chi connectivity index (χ2n) is 6.20. The molecule has 0 aliphatic heterocycles. The predicted molar refractivity (Wildman–Crippen MR) is 62.6 cm³/mol. The summed E-state index contributed by atoms with van der Waals surface area (Å²) in [5.74, 6) is 1.52. The van der Waals surface area contributed by atoms with Gasteiger partial charge in [0.25, 0.3) is 0 Å². The molecule has 0 aromatic carbocycles. The molecule has 0 aromatic rings. The second-order valence-corrected chi connectivity index (χ2v) is 6.20. The van der Waals surface area contributed by atoms with Gasteiger partial charge in [-0.15, -0.1) is 0 Å². The Labute approximate surface area is 92.9 Å². The summed E-state index contributed by atoms with van der Waals surface area (Å²) >= 11 is 0. The molecule has 2 rings (SSSR count). The minimum atomic E-state index is 0.364. The molecule has 15 heavy (non-hydrogen) atoms. The average molecular weight is 206 g/mol. The molecule has 0 aromatic heterocycles. The summed E-state index contributed by atoms with van der Waals surface area (Å²) < 4.78 is 0. The Morgan fingerprint density at radius 3 is 2.80 bits per heavy atom. The van der Waals surface area contributed by atoms with Gasteiger partial charge in [-0.2, -0.15) is 0 Å². The molecule has 0 spiro atoms. The van der Waals surface area contributed by atoms with Gasteiger partial charge in [0.2, 0.25) is 0 Å². The third-order valence-corrected chi connectivity index (χ3v) is 4.04. The van der Waals surface area contributed by atoms with Crippen molar-refractivity contribution in [3.63, 3.8) is 0 Å². The first-order valence-corrected chi connectivity index (χ1v) is 6.16. The zero-order valence-corrected chi connectivity index (χ0v) is 10.2. The molecule has 84 valence electrons. The normalized spacial score (nSPS) is 38.9. The van der Waals surface area contributed by atoms with Crippen LogP contribution in [0.1, 0.15) is 52.9 Å². The first-order chi connectivity index (χ1) is 6.98. The van der Waals surface area contributed by atoms with Crippen LogP contribution in [0.4, 0.5) is 0 Å². The topological polar surface area (TPSA) is 17.1 Å². The zero-order valence-electron chi connectivity index (χ0n) is 10.2. The van der Waals surface area contributed by atoms with Crippen molar-refractivity contribution in [1.29, 1.82) is 0 Å². The van der Waals surface area contributed by atoms with Crippen LogP contribution in [0.5, 0.6) is 0 Å². The van der Waals surface area contributed by atoms with Gasteiger partial charge in [-0.3, -0.25) is 4.79 Å². The third kappa shape index (κ3) is 2.32. The van der Waals surface area contributed by atoms with Gasteiger partial charge in [-0.05, 0) is 43.9 Å². The van der Waals surface area contributed by atoms with E-state index in [0.29, 0.717) is 23.0 Å². The smallest absolute Gasteiger partial charge is 0.136 e. The van der Waals surface area contributed by atoms with Crippen LogP contribution in [0.15, 0.2) is 11.6 Å². The molecule has 0 N–H and O–H groups in total. The van der Waals surface area contributed by atoms with Crippen LogP contribution in [-0.4, -0.2) is 5.78 Å². The summed E-state index contributed by atoms with van der Waals surface area (Å²) in [5, 5.41) is 0. The van der Waals surface area contributed by atoms with Crippen molar-refractivity contribution < 1.29 is 4.79 Å². The van der Waals surface area contributed by atoms with Crippen LogP contribution in [0.2, 0.25) is 0 Å². The molecule has 1 fully saturated rings. The molecule has 2 aliphatic carbocycles. The summed E-state index contributed by atoms with van der Waals surface area (Å²) in [6.07, 6.45) is 7.50. The van der Waals surface area contributed by atoms with E-state index in [-0.39, 0.29) is 0 Å². The number of hydrogen-bond acceptors (Lipinski definition) is 1. The lowest BCUT2D eigenvalue weighted by Gasteiger charge is -2.20. The number of fused-ring (bicyclic) bond motifs is 1. The Kier molecular flexibility index (Phi) is 2.74. The van der Waals surface area contributed by atoms with Crippen LogP contribution in [0.3, 0.4) is 0 Å². The van der Waals surface area contributed by atoms with Crippen molar-refractivity contribution >= 4 is 5.78 Å². The predicted octanol–water partition coefficient (Wildman–Crippen LogP) is 3.74. The standard InChI is InChI=1S/C14H22O/c1-10-5-4-6-13(15)12-9-14(2,3)8-11(12)7-10/h5,11-12H,4,6-9H2,1-3H3/b10-5-/t11-,12-/m0/s1. The molecule has 1 nitrogen and oxygen atoms in total. The summed E-state index contributed by atoms with van der Waals surface area (Å²) in [5.41, 5.74) is 1.88. The number of carbonyl (C=O) groups excluding carboxylic acids is 1. The fourth-order valence-corrected chi connectivity index (χ4v) is 3.43. The van der Waals surface area contributed by atoms with Crippen LogP contribution in [-0.2, 0) is 4.79 Å². The number of ketones is 1. The molecule has 0 radical (unpaired) electrons. The van der Waals surface area contributed by atoms with Gasteiger partial charge in [0.05, 0.1) is 0 Å². The molecule has 0 saturated heterocycles. The molecule has 0 amide bonds. The van der Waals surface area contributed by atoms with Gasteiger partial charge in [0.15, 0.2) is 0 Å². The highest BCUT2D eigenvalue weighted by molar-refractivity contribution is 5.82. The number of carbonyl (C=O) groups is 1. The Morgan fingerprint density at radius 2 is 2.07 bits per heavy atom. The quantitative estimate of drug-likeness (QED) is 0.552. The maximum Gasteiger partial charge on any atom is 0.136 e. The van der Waals surface area contributed by atoms with E-state index in [9.17, 15) is 4.79 Å². The Hall–Kier alpha value is -0.590. The molecule has 2 aliphatic rings. The van der Waals surface area contributed by atoms with Gasteiger partial charge >= 0.3 is 0 Å². The van der Waals surface area contributed by atoms with E-state index in [0.717, 1.165) is 25.7 Å². The average Bonchev–Trinajstić information content (AvgIpc) is 2.39. The highest BCUT2D eigenvalue weighted by Gasteiger charge is 2.42. The van der Waals surface area contributed by atoms with Crippen molar-refractivity contribution in [2.45, 2.75) is 52.9 Å². The Bertz CT molecular complexity index is 298. The van der Waals surface area contributed by atoms with Gasteiger partial charge < -0.3 is 0 Å². The second kappa shape index (κ2) is 3.77. The van der Waals surface area contributed by atoms with Gasteiger partial charge in [-0.25, -0.2) is 0 Å². The lowest BCUT2D eigenvalue weighted by Crippen LogP contribution is -2.20. The number of Topliss-reactive ketones (excluding diaryl/α,β-unsaturated/α-hetero) is 1. The van der Waals surface area contributed by atoms with E-state index >= 15 is 0 Å². The number of hydrogen-bond donors (Lipinski definition) is 0. The van der Waals surface area contributed by atoms with Crippen LogP contribution in [0, 0.1) is 17.3 Å². The van der Waals surface area contributed by atoms with E-state index in [1.807, 2.05) is 0 Å². The van der Waals surface area contributed by atoms with E-state index in [2.05, 4.69) is 26.8 Å². The number of rotatable bonds is 0. The maximum absolute atomic E-state index is 12.0. The van der Waals surface area contributed by atoms with Crippen LogP contribution in [0.25, 0.3) is 0 Å². The lowest BCUT2D eigenvalue weighted by molar-refractivity contribution is -0.124. The van der Waals surface area contributed by atoms with Crippen LogP contribution >= 0.6 is 0 Å². The van der Waals surface area contributed by atoms with Crippen molar-refractivity contribution in [2.24, 2.45) is 17.3 Å². The minimum Gasteiger partial charge on any atom is -0.299 e.